The summed E-state index contributed by atoms with van der Waals surface area (Å²) in [4.78, 5) is 12.3. The summed E-state index contributed by atoms with van der Waals surface area (Å²) in [5.74, 6) is 2.02. The number of carbonyl (C=O) groups is 1. The molecule has 0 saturated heterocycles. The van der Waals surface area contributed by atoms with E-state index in [9.17, 15) is 4.79 Å². The summed E-state index contributed by atoms with van der Waals surface area (Å²) in [7, 11) is 0. The van der Waals surface area contributed by atoms with Gasteiger partial charge in [-0.3, -0.25) is 4.79 Å². The number of halogens is 1. The van der Waals surface area contributed by atoms with E-state index in [-0.39, 0.29) is 5.91 Å². The summed E-state index contributed by atoms with van der Waals surface area (Å²) in [6.45, 7) is 1.37. The molecule has 1 aliphatic rings. The molecule has 0 saturated carbocycles. The zero-order valence-electron chi connectivity index (χ0n) is 13.3. The number of ether oxygens (including phenoxy) is 2. The average Bonchev–Trinajstić information content (AvgIpc) is 2.61. The number of fused-ring (bicyclic) bond motifs is 1. The average molecular weight is 364 g/mol. The molecule has 0 aliphatic carbocycles. The van der Waals surface area contributed by atoms with E-state index in [2.05, 4.69) is 11.6 Å². The van der Waals surface area contributed by atoms with Crippen LogP contribution in [0.5, 0.6) is 11.5 Å². The summed E-state index contributed by atoms with van der Waals surface area (Å²) in [5.41, 5.74) is 2.72. The summed E-state index contributed by atoms with van der Waals surface area (Å²) in [6.07, 6.45) is 2.05. The summed E-state index contributed by atoms with van der Waals surface area (Å²) in [6, 6.07) is 11.3. The van der Waals surface area contributed by atoms with Gasteiger partial charge in [0.25, 0.3) is 5.91 Å². The molecule has 2 aromatic rings. The fraction of sp³-hybridized carbons (Fsp3) is 0.278. The summed E-state index contributed by atoms with van der Waals surface area (Å²) < 4.78 is 11.0. The van der Waals surface area contributed by atoms with Crippen LogP contribution in [0.4, 0.5) is 0 Å². The molecule has 6 heteroatoms. The van der Waals surface area contributed by atoms with Crippen LogP contribution in [0.15, 0.2) is 36.4 Å². The van der Waals surface area contributed by atoms with E-state index in [4.69, 9.17) is 21.1 Å². The van der Waals surface area contributed by atoms with Crippen LogP contribution in [0.2, 0.25) is 5.02 Å². The maximum atomic E-state index is 12.3. The molecule has 0 spiro atoms. The molecular weight excluding hydrogens is 346 g/mol. The van der Waals surface area contributed by atoms with E-state index in [1.807, 2.05) is 30.3 Å². The highest BCUT2D eigenvalue weighted by Gasteiger charge is 2.17. The zero-order chi connectivity index (χ0) is 16.9. The van der Waals surface area contributed by atoms with Crippen molar-refractivity contribution in [2.75, 3.05) is 19.5 Å². The Kier molecular flexibility index (Phi) is 5.53. The highest BCUT2D eigenvalue weighted by Crippen LogP contribution is 2.38. The highest BCUT2D eigenvalue weighted by molar-refractivity contribution is 7.97. The van der Waals surface area contributed by atoms with E-state index in [1.54, 1.807) is 17.8 Å². The van der Waals surface area contributed by atoms with E-state index in [0.717, 1.165) is 11.3 Å². The van der Waals surface area contributed by atoms with Gasteiger partial charge in [-0.05, 0) is 41.6 Å². The maximum Gasteiger partial charge on any atom is 0.251 e. The molecule has 0 aromatic heterocycles. The number of thioether (sulfide) groups is 1. The largest absolute Gasteiger partial charge is 0.486 e. The minimum absolute atomic E-state index is 0.114. The smallest absolute Gasteiger partial charge is 0.251 e. The van der Waals surface area contributed by atoms with Crippen LogP contribution in [0.25, 0.3) is 0 Å². The third kappa shape index (κ3) is 3.97. The van der Waals surface area contributed by atoms with Gasteiger partial charge in [0, 0.05) is 17.9 Å². The van der Waals surface area contributed by atoms with Gasteiger partial charge in [-0.1, -0.05) is 23.7 Å². The molecule has 0 fully saturated rings. The molecule has 0 radical (unpaired) electrons. The van der Waals surface area contributed by atoms with Gasteiger partial charge in [-0.15, -0.1) is 0 Å². The van der Waals surface area contributed by atoms with Crippen LogP contribution in [-0.2, 0) is 12.3 Å². The molecule has 1 amide bonds. The first-order valence-electron chi connectivity index (χ1n) is 7.61. The van der Waals surface area contributed by atoms with Gasteiger partial charge in [0.1, 0.15) is 13.2 Å². The standard InChI is InChI=1S/C18H18ClNO3S/c1-24-11-12-2-4-14(5-3-12)18(21)20-10-13-8-15(19)17-16(9-13)22-6-7-23-17/h2-5,8-9H,6-7,10-11H2,1H3,(H,20,21). The molecule has 24 heavy (non-hydrogen) atoms. The van der Waals surface area contributed by atoms with Crippen LogP contribution in [0.1, 0.15) is 21.5 Å². The van der Waals surface area contributed by atoms with Crippen molar-refractivity contribution in [3.8, 4) is 11.5 Å². The molecule has 0 atom stereocenters. The van der Waals surface area contributed by atoms with Crippen molar-refractivity contribution in [2.24, 2.45) is 0 Å². The van der Waals surface area contributed by atoms with Crippen LogP contribution < -0.4 is 14.8 Å². The fourth-order valence-corrected chi connectivity index (χ4v) is 3.28. The van der Waals surface area contributed by atoms with Gasteiger partial charge < -0.3 is 14.8 Å². The normalized spacial score (nSPS) is 12.8. The first kappa shape index (κ1) is 17.0. The number of benzene rings is 2. The van der Waals surface area contributed by atoms with Crippen LogP contribution in [-0.4, -0.2) is 25.4 Å². The Morgan fingerprint density at radius 3 is 2.67 bits per heavy atom. The van der Waals surface area contributed by atoms with E-state index < -0.39 is 0 Å². The van der Waals surface area contributed by atoms with Crippen LogP contribution in [0.3, 0.4) is 0 Å². The minimum atomic E-state index is -0.114. The molecule has 126 valence electrons. The van der Waals surface area contributed by atoms with Crippen LogP contribution >= 0.6 is 23.4 Å². The molecule has 0 bridgehead atoms. The van der Waals surface area contributed by atoms with Gasteiger partial charge >= 0.3 is 0 Å². The Labute approximate surface area is 150 Å². The lowest BCUT2D eigenvalue weighted by atomic mass is 10.1. The number of rotatable bonds is 5. The Morgan fingerprint density at radius 1 is 1.17 bits per heavy atom. The van der Waals surface area contributed by atoms with Gasteiger partial charge in [0.2, 0.25) is 0 Å². The molecule has 3 rings (SSSR count). The quantitative estimate of drug-likeness (QED) is 0.875. The third-order valence-electron chi connectivity index (χ3n) is 3.64. The van der Waals surface area contributed by atoms with Gasteiger partial charge in [-0.2, -0.15) is 11.8 Å². The SMILES string of the molecule is CSCc1ccc(C(=O)NCc2cc(Cl)c3c(c2)OCCO3)cc1. The first-order valence-corrected chi connectivity index (χ1v) is 9.38. The lowest BCUT2D eigenvalue weighted by Crippen LogP contribution is -2.23. The second-order valence-corrected chi connectivity index (χ2v) is 6.69. The van der Waals surface area contributed by atoms with Crippen molar-refractivity contribution in [3.05, 3.63) is 58.1 Å². The van der Waals surface area contributed by atoms with E-state index >= 15 is 0 Å². The fourth-order valence-electron chi connectivity index (χ4n) is 2.47. The first-order chi connectivity index (χ1) is 11.7. The predicted molar refractivity (Wildman–Crippen MR) is 97.3 cm³/mol. The number of hydrogen-bond acceptors (Lipinski definition) is 4. The Bertz CT molecular complexity index is 734. The van der Waals surface area contributed by atoms with Crippen molar-refractivity contribution in [2.45, 2.75) is 12.3 Å². The highest BCUT2D eigenvalue weighted by atomic mass is 35.5. The van der Waals surface area contributed by atoms with Gasteiger partial charge in [-0.25, -0.2) is 0 Å². The van der Waals surface area contributed by atoms with E-state index in [0.29, 0.717) is 41.8 Å². The zero-order valence-corrected chi connectivity index (χ0v) is 14.9. The monoisotopic (exact) mass is 363 g/mol. The van der Waals surface area contributed by atoms with Crippen LogP contribution in [0, 0.1) is 0 Å². The molecule has 1 aliphatic heterocycles. The third-order valence-corrected chi connectivity index (χ3v) is 4.54. The van der Waals surface area contributed by atoms with Crippen molar-refractivity contribution in [3.63, 3.8) is 0 Å². The number of nitrogens with one attached hydrogen (secondary N) is 1. The molecule has 2 aromatic carbocycles. The Balaban J connectivity index is 1.64. The van der Waals surface area contributed by atoms with Crippen molar-refractivity contribution < 1.29 is 14.3 Å². The van der Waals surface area contributed by atoms with E-state index in [1.165, 1.54) is 5.56 Å². The van der Waals surface area contributed by atoms with Gasteiger partial charge in [0.15, 0.2) is 11.5 Å². The lowest BCUT2D eigenvalue weighted by Gasteiger charge is -2.20. The number of carbonyl (C=O) groups excluding carboxylic acids is 1. The lowest BCUT2D eigenvalue weighted by molar-refractivity contribution is 0.0951. The van der Waals surface area contributed by atoms with Crippen molar-refractivity contribution in [1.29, 1.82) is 0 Å². The molecular formula is C18H18ClNO3S. The second-order valence-electron chi connectivity index (χ2n) is 5.41. The molecule has 4 nitrogen and oxygen atoms in total. The molecule has 1 N–H and O–H groups in total. The Morgan fingerprint density at radius 2 is 1.92 bits per heavy atom. The number of hydrogen-bond donors (Lipinski definition) is 1. The topological polar surface area (TPSA) is 47.6 Å². The second kappa shape index (κ2) is 7.81. The van der Waals surface area contributed by atoms with Crippen molar-refractivity contribution in [1.82, 2.24) is 5.32 Å². The summed E-state index contributed by atoms with van der Waals surface area (Å²) in [5, 5.41) is 3.40. The Hall–Kier alpha value is -1.85. The molecule has 1 heterocycles. The van der Waals surface area contributed by atoms with Crippen molar-refractivity contribution >= 4 is 29.3 Å². The predicted octanol–water partition coefficient (Wildman–Crippen LogP) is 3.90. The van der Waals surface area contributed by atoms with Gasteiger partial charge in [0.05, 0.1) is 5.02 Å². The minimum Gasteiger partial charge on any atom is -0.486 e. The summed E-state index contributed by atoms with van der Waals surface area (Å²) >= 11 is 7.96. The molecule has 0 unspecified atom stereocenters. The number of amides is 1. The maximum absolute atomic E-state index is 12.3.